The minimum absolute atomic E-state index is 0.189. The summed E-state index contributed by atoms with van der Waals surface area (Å²) in [5.41, 5.74) is 0. The van der Waals surface area contributed by atoms with Gasteiger partial charge in [0.05, 0.1) is 6.61 Å². The van der Waals surface area contributed by atoms with Crippen LogP contribution in [0.5, 0.6) is 0 Å². The van der Waals surface area contributed by atoms with E-state index in [4.69, 9.17) is 18.9 Å². The van der Waals surface area contributed by atoms with Gasteiger partial charge >= 0.3 is 17.9 Å². The molecule has 49 heavy (non-hydrogen) atoms. The maximum Gasteiger partial charge on any atom is 0.335 e. The van der Waals surface area contributed by atoms with E-state index >= 15 is 0 Å². The van der Waals surface area contributed by atoms with Crippen LogP contribution in [0.3, 0.4) is 0 Å². The topological polar surface area (TPSA) is 169 Å². The van der Waals surface area contributed by atoms with Crippen LogP contribution in [-0.4, -0.2) is 88.4 Å². The van der Waals surface area contributed by atoms with Gasteiger partial charge < -0.3 is 39.4 Å². The number of aliphatic carboxylic acids is 1. The number of carboxylic acid groups (broad SMARTS) is 1. The Labute approximate surface area is 295 Å². The average molecular weight is 703 g/mol. The summed E-state index contributed by atoms with van der Waals surface area (Å²) in [6.07, 6.45) is 17.4. The van der Waals surface area contributed by atoms with E-state index in [0.29, 0.717) is 12.8 Å². The predicted molar refractivity (Wildman–Crippen MR) is 188 cm³/mol. The lowest BCUT2D eigenvalue weighted by Gasteiger charge is -2.38. The summed E-state index contributed by atoms with van der Waals surface area (Å²) < 4.78 is 21.6. The number of hydrogen-bond donors (Lipinski definition) is 4. The summed E-state index contributed by atoms with van der Waals surface area (Å²) >= 11 is 0. The standard InChI is InChI=1S/C38H70O11/c1-3-5-7-9-11-13-15-17-18-20-22-24-26-31(39)46-28-30(29-47-38-35(43)33(41)34(42)36(49-38)37(44)45)48-32(40)27-25-23-21-19-16-14-12-10-8-6-4-2/h30,33-36,38,41-43H,3-29H2,1-2H3,(H,44,45). The van der Waals surface area contributed by atoms with Gasteiger partial charge in [-0.1, -0.05) is 149 Å². The van der Waals surface area contributed by atoms with Crippen molar-refractivity contribution in [2.24, 2.45) is 0 Å². The van der Waals surface area contributed by atoms with Gasteiger partial charge in [-0.25, -0.2) is 4.79 Å². The molecule has 0 aromatic rings. The van der Waals surface area contributed by atoms with E-state index in [1.54, 1.807) is 0 Å². The molecule has 0 amide bonds. The van der Waals surface area contributed by atoms with Crippen molar-refractivity contribution in [2.75, 3.05) is 13.2 Å². The number of esters is 2. The van der Waals surface area contributed by atoms with Gasteiger partial charge in [-0.3, -0.25) is 9.59 Å². The minimum atomic E-state index is -1.85. The lowest BCUT2D eigenvalue weighted by Crippen LogP contribution is -2.60. The van der Waals surface area contributed by atoms with Crippen LogP contribution in [0.2, 0.25) is 0 Å². The molecule has 6 atom stereocenters. The Hall–Kier alpha value is -1.79. The largest absolute Gasteiger partial charge is 0.479 e. The van der Waals surface area contributed by atoms with Gasteiger partial charge in [-0.2, -0.15) is 0 Å². The van der Waals surface area contributed by atoms with E-state index in [9.17, 15) is 34.8 Å². The van der Waals surface area contributed by atoms with E-state index in [-0.39, 0.29) is 26.1 Å². The van der Waals surface area contributed by atoms with Crippen LogP contribution in [0.15, 0.2) is 0 Å². The van der Waals surface area contributed by atoms with E-state index < -0.39 is 54.7 Å². The molecule has 0 saturated carbocycles. The van der Waals surface area contributed by atoms with Crippen molar-refractivity contribution in [3.8, 4) is 0 Å². The maximum atomic E-state index is 12.7. The molecule has 11 nitrogen and oxygen atoms in total. The number of hydrogen-bond acceptors (Lipinski definition) is 10. The van der Waals surface area contributed by atoms with Crippen LogP contribution in [0.4, 0.5) is 0 Å². The molecule has 6 unspecified atom stereocenters. The molecule has 0 bridgehead atoms. The van der Waals surface area contributed by atoms with E-state index in [1.807, 2.05) is 0 Å². The Morgan fingerprint density at radius 2 is 0.959 bits per heavy atom. The second kappa shape index (κ2) is 29.9. The highest BCUT2D eigenvalue weighted by Gasteiger charge is 2.47. The fourth-order valence-corrected chi connectivity index (χ4v) is 6.05. The molecule has 1 aliphatic heterocycles. The van der Waals surface area contributed by atoms with Crippen LogP contribution in [0.1, 0.15) is 174 Å². The zero-order valence-electron chi connectivity index (χ0n) is 30.7. The number of ether oxygens (including phenoxy) is 4. The van der Waals surface area contributed by atoms with E-state index in [0.717, 1.165) is 38.5 Å². The zero-order chi connectivity index (χ0) is 36.1. The van der Waals surface area contributed by atoms with Crippen LogP contribution in [0.25, 0.3) is 0 Å². The highest BCUT2D eigenvalue weighted by molar-refractivity contribution is 5.73. The van der Waals surface area contributed by atoms with Crippen molar-refractivity contribution < 1.29 is 53.8 Å². The Balaban J connectivity index is 2.43. The van der Waals surface area contributed by atoms with Crippen molar-refractivity contribution in [1.29, 1.82) is 0 Å². The Kier molecular flexibility index (Phi) is 27.6. The molecular weight excluding hydrogens is 632 g/mol. The number of unbranched alkanes of at least 4 members (excludes halogenated alkanes) is 21. The monoisotopic (exact) mass is 702 g/mol. The summed E-state index contributed by atoms with van der Waals surface area (Å²) in [6.45, 7) is 3.78. The number of rotatable bonds is 32. The SMILES string of the molecule is CCCCCCCCCCCCCCC(=O)OCC(COC1OC(C(=O)O)C(O)C(O)C1O)OC(=O)CCCCCCCCCCCCC. The van der Waals surface area contributed by atoms with Crippen LogP contribution in [0, 0.1) is 0 Å². The second-order valence-electron chi connectivity index (χ2n) is 13.8. The Morgan fingerprint density at radius 1 is 0.551 bits per heavy atom. The summed E-state index contributed by atoms with van der Waals surface area (Å²) in [6, 6.07) is 0. The number of carbonyl (C=O) groups excluding carboxylic acids is 2. The molecule has 0 aliphatic carbocycles. The van der Waals surface area contributed by atoms with Crippen LogP contribution < -0.4 is 0 Å². The molecule has 0 aromatic heterocycles. The zero-order valence-corrected chi connectivity index (χ0v) is 30.7. The first kappa shape index (κ1) is 45.2. The third-order valence-corrected chi connectivity index (χ3v) is 9.21. The molecule has 0 aromatic carbocycles. The van der Waals surface area contributed by atoms with Gasteiger partial charge in [-0.15, -0.1) is 0 Å². The highest BCUT2D eigenvalue weighted by atomic mass is 16.7. The third kappa shape index (κ3) is 22.6. The van der Waals surface area contributed by atoms with Gasteiger partial charge in [0.25, 0.3) is 0 Å². The van der Waals surface area contributed by atoms with Gasteiger partial charge in [-0.05, 0) is 12.8 Å². The fraction of sp³-hybridized carbons (Fsp3) is 0.921. The highest BCUT2D eigenvalue weighted by Crippen LogP contribution is 2.23. The van der Waals surface area contributed by atoms with Crippen molar-refractivity contribution >= 4 is 17.9 Å². The summed E-state index contributed by atoms with van der Waals surface area (Å²) in [4.78, 5) is 36.6. The molecule has 1 heterocycles. The summed E-state index contributed by atoms with van der Waals surface area (Å²) in [5, 5.41) is 39.6. The summed E-state index contributed by atoms with van der Waals surface area (Å²) in [7, 11) is 0. The molecule has 1 aliphatic rings. The lowest BCUT2D eigenvalue weighted by atomic mass is 9.99. The Morgan fingerprint density at radius 3 is 1.39 bits per heavy atom. The molecule has 0 radical (unpaired) electrons. The molecule has 0 spiro atoms. The smallest absolute Gasteiger partial charge is 0.335 e. The van der Waals surface area contributed by atoms with Gasteiger partial charge in [0, 0.05) is 12.8 Å². The first-order chi connectivity index (χ1) is 23.7. The maximum absolute atomic E-state index is 12.7. The lowest BCUT2D eigenvalue weighted by molar-refractivity contribution is -0.298. The van der Waals surface area contributed by atoms with Gasteiger partial charge in [0.15, 0.2) is 18.5 Å². The normalized spacial score (nSPS) is 21.4. The molecule has 11 heteroatoms. The number of carbonyl (C=O) groups is 3. The van der Waals surface area contributed by atoms with Crippen molar-refractivity contribution in [3.63, 3.8) is 0 Å². The summed E-state index contributed by atoms with van der Waals surface area (Å²) in [5.74, 6) is -2.43. The molecule has 288 valence electrons. The van der Waals surface area contributed by atoms with E-state index in [2.05, 4.69) is 13.8 Å². The van der Waals surface area contributed by atoms with E-state index in [1.165, 1.54) is 96.3 Å². The first-order valence-corrected chi connectivity index (χ1v) is 19.6. The molecule has 1 rings (SSSR count). The van der Waals surface area contributed by atoms with Crippen molar-refractivity contribution in [3.05, 3.63) is 0 Å². The predicted octanol–water partition coefficient (Wildman–Crippen LogP) is 7.14. The van der Waals surface area contributed by atoms with Crippen molar-refractivity contribution in [2.45, 2.75) is 211 Å². The van der Waals surface area contributed by atoms with Crippen molar-refractivity contribution in [1.82, 2.24) is 0 Å². The number of aliphatic hydroxyl groups is 3. The van der Waals surface area contributed by atoms with Gasteiger partial charge in [0.1, 0.15) is 24.9 Å². The van der Waals surface area contributed by atoms with Crippen LogP contribution in [-0.2, 0) is 33.3 Å². The average Bonchev–Trinajstić information content (AvgIpc) is 3.08. The minimum Gasteiger partial charge on any atom is -0.479 e. The number of carboxylic acids is 1. The molecule has 4 N–H and O–H groups in total. The molecule has 1 saturated heterocycles. The first-order valence-electron chi connectivity index (χ1n) is 19.6. The molecule has 1 fully saturated rings. The second-order valence-corrected chi connectivity index (χ2v) is 13.8. The quantitative estimate of drug-likeness (QED) is 0.0415. The molecular formula is C38H70O11. The third-order valence-electron chi connectivity index (χ3n) is 9.21. The van der Waals surface area contributed by atoms with Crippen LogP contribution >= 0.6 is 0 Å². The number of aliphatic hydroxyl groups excluding tert-OH is 3. The Bertz CT molecular complexity index is 839. The fourth-order valence-electron chi connectivity index (χ4n) is 6.05. The van der Waals surface area contributed by atoms with Gasteiger partial charge in [0.2, 0.25) is 0 Å².